The van der Waals surface area contributed by atoms with E-state index in [9.17, 15) is 4.79 Å². The third-order valence-corrected chi connectivity index (χ3v) is 5.25. The molecule has 0 spiro atoms. The minimum atomic E-state index is -0.670. The third kappa shape index (κ3) is 4.29. The first-order valence-electron chi connectivity index (χ1n) is 9.95. The molecule has 29 heavy (non-hydrogen) atoms. The number of benzene rings is 1. The Hall–Kier alpha value is -3.22. The predicted octanol–water partition coefficient (Wildman–Crippen LogP) is 3.87. The maximum absolute atomic E-state index is 12.9. The van der Waals surface area contributed by atoms with Gasteiger partial charge in [0.05, 0.1) is 0 Å². The summed E-state index contributed by atoms with van der Waals surface area (Å²) < 4.78 is 11.4. The van der Waals surface area contributed by atoms with Gasteiger partial charge in [-0.3, -0.25) is 9.78 Å². The van der Waals surface area contributed by atoms with E-state index in [1.165, 1.54) is 0 Å². The lowest BCUT2D eigenvalue weighted by Gasteiger charge is -2.35. The van der Waals surface area contributed by atoms with Gasteiger partial charge in [0, 0.05) is 18.0 Å². The topological polar surface area (TPSA) is 90.1 Å². The fraction of sp³-hybridized carbons (Fsp3) is 0.364. The van der Waals surface area contributed by atoms with Crippen molar-refractivity contribution in [2.45, 2.75) is 50.7 Å². The summed E-state index contributed by atoms with van der Waals surface area (Å²) in [7, 11) is 0. The van der Waals surface area contributed by atoms with Gasteiger partial charge in [-0.25, -0.2) is 0 Å². The maximum Gasteiger partial charge on any atom is 0.261 e. The highest BCUT2D eigenvalue weighted by Crippen LogP contribution is 2.37. The lowest BCUT2D eigenvalue weighted by Crippen LogP contribution is -2.51. The van der Waals surface area contributed by atoms with Crippen LogP contribution in [0.5, 0.6) is 5.75 Å². The number of amides is 1. The number of nitrogens with zero attached hydrogens (tertiary/aromatic N) is 3. The summed E-state index contributed by atoms with van der Waals surface area (Å²) in [5, 5.41) is 7.28. The second-order valence-corrected chi connectivity index (χ2v) is 7.37. The molecule has 1 unspecified atom stereocenters. The van der Waals surface area contributed by atoms with Crippen molar-refractivity contribution in [1.82, 2.24) is 20.4 Å². The van der Waals surface area contributed by atoms with E-state index in [2.05, 4.69) is 20.4 Å². The number of para-hydroxylation sites is 1. The van der Waals surface area contributed by atoms with Gasteiger partial charge in [-0.1, -0.05) is 42.6 Å². The zero-order valence-electron chi connectivity index (χ0n) is 16.4. The van der Waals surface area contributed by atoms with E-state index in [1.807, 2.05) is 42.5 Å². The number of carbonyl (C=O) groups is 1. The van der Waals surface area contributed by atoms with Gasteiger partial charge in [0.2, 0.25) is 5.82 Å². The number of hydrogen-bond acceptors (Lipinski definition) is 6. The molecule has 1 amide bonds. The molecule has 1 aliphatic rings. The summed E-state index contributed by atoms with van der Waals surface area (Å²) in [6, 6.07) is 13.0. The Balaban J connectivity index is 1.54. The minimum absolute atomic E-state index is 0.197. The van der Waals surface area contributed by atoms with Gasteiger partial charge < -0.3 is 14.6 Å². The van der Waals surface area contributed by atoms with Gasteiger partial charge in [0.25, 0.3) is 11.8 Å². The molecular formula is C22H24N4O3. The predicted molar refractivity (Wildman–Crippen MR) is 107 cm³/mol. The quantitative estimate of drug-likeness (QED) is 0.685. The van der Waals surface area contributed by atoms with Crippen LogP contribution in [0.2, 0.25) is 0 Å². The second kappa shape index (κ2) is 8.43. The van der Waals surface area contributed by atoms with Gasteiger partial charge in [-0.05, 0) is 44.0 Å². The van der Waals surface area contributed by atoms with Crippen molar-refractivity contribution in [2.24, 2.45) is 0 Å². The van der Waals surface area contributed by atoms with Crippen LogP contribution < -0.4 is 10.1 Å². The molecule has 1 aliphatic carbocycles. The molecule has 7 nitrogen and oxygen atoms in total. The van der Waals surface area contributed by atoms with E-state index in [0.717, 1.165) is 37.7 Å². The number of ether oxygens (including phenoxy) is 1. The van der Waals surface area contributed by atoms with Crippen LogP contribution in [0.1, 0.15) is 44.9 Å². The summed E-state index contributed by atoms with van der Waals surface area (Å²) in [5.41, 5.74) is 0.109. The molecule has 2 heterocycles. The molecule has 0 saturated heterocycles. The van der Waals surface area contributed by atoms with Crippen LogP contribution in [-0.4, -0.2) is 27.1 Å². The first-order valence-corrected chi connectivity index (χ1v) is 9.95. The maximum atomic E-state index is 12.9. The normalized spacial score (nSPS) is 16.7. The Morgan fingerprint density at radius 2 is 1.93 bits per heavy atom. The highest BCUT2D eigenvalue weighted by atomic mass is 16.5. The molecule has 0 aliphatic heterocycles. The lowest BCUT2D eigenvalue weighted by atomic mass is 9.81. The van der Waals surface area contributed by atoms with Crippen molar-refractivity contribution >= 4 is 5.91 Å². The Morgan fingerprint density at radius 3 is 2.66 bits per heavy atom. The zero-order chi connectivity index (χ0) is 20.1. The van der Waals surface area contributed by atoms with Crippen molar-refractivity contribution in [1.29, 1.82) is 0 Å². The number of aromatic nitrogens is 3. The van der Waals surface area contributed by atoms with Crippen molar-refractivity contribution in [3.8, 4) is 17.1 Å². The van der Waals surface area contributed by atoms with Crippen molar-refractivity contribution in [3.63, 3.8) is 0 Å². The number of pyridine rings is 1. The highest BCUT2D eigenvalue weighted by Gasteiger charge is 2.41. The van der Waals surface area contributed by atoms with E-state index < -0.39 is 11.6 Å². The molecule has 1 fully saturated rings. The lowest BCUT2D eigenvalue weighted by molar-refractivity contribution is -0.130. The van der Waals surface area contributed by atoms with E-state index in [4.69, 9.17) is 9.26 Å². The molecule has 1 saturated carbocycles. The SMILES string of the molecule is CC(Oc1ccccc1)C(=O)NC1(c2nc(-c3cccnc3)no2)CCCCC1. The number of nitrogens with one attached hydrogen (secondary N) is 1. The average molecular weight is 392 g/mol. The van der Waals surface area contributed by atoms with Crippen LogP contribution >= 0.6 is 0 Å². The van der Waals surface area contributed by atoms with Crippen LogP contribution in [0.25, 0.3) is 11.4 Å². The first kappa shape index (κ1) is 19.1. The van der Waals surface area contributed by atoms with Gasteiger partial charge in [-0.2, -0.15) is 4.98 Å². The zero-order valence-corrected chi connectivity index (χ0v) is 16.4. The molecule has 0 radical (unpaired) electrons. The molecular weight excluding hydrogens is 368 g/mol. The standard InChI is InChI=1S/C22H24N4O3/c1-16(28-18-10-4-2-5-11-18)20(27)25-22(12-6-3-7-13-22)21-24-19(26-29-21)17-9-8-14-23-15-17/h2,4-5,8-11,14-16H,3,6-7,12-13H2,1H3,(H,25,27). The summed E-state index contributed by atoms with van der Waals surface area (Å²) in [4.78, 5) is 21.6. The molecule has 7 heteroatoms. The van der Waals surface area contributed by atoms with Crippen LogP contribution in [0.4, 0.5) is 0 Å². The van der Waals surface area contributed by atoms with Crippen LogP contribution in [-0.2, 0) is 10.3 Å². The smallest absolute Gasteiger partial charge is 0.261 e. The van der Waals surface area contributed by atoms with Crippen molar-refractivity contribution < 1.29 is 14.1 Å². The molecule has 1 N–H and O–H groups in total. The van der Waals surface area contributed by atoms with Crippen LogP contribution in [0.15, 0.2) is 59.4 Å². The first-order chi connectivity index (χ1) is 14.2. The second-order valence-electron chi connectivity index (χ2n) is 7.37. The number of carbonyl (C=O) groups excluding carboxylic acids is 1. The van der Waals surface area contributed by atoms with Gasteiger partial charge in [0.15, 0.2) is 6.10 Å². The van der Waals surface area contributed by atoms with Gasteiger partial charge in [-0.15, -0.1) is 0 Å². The summed E-state index contributed by atoms with van der Waals surface area (Å²) in [6.45, 7) is 1.74. The Labute approximate surface area is 169 Å². The van der Waals surface area contributed by atoms with E-state index in [1.54, 1.807) is 19.3 Å². The summed E-state index contributed by atoms with van der Waals surface area (Å²) in [6.07, 6.45) is 7.35. The molecule has 0 bridgehead atoms. The van der Waals surface area contributed by atoms with Gasteiger partial charge >= 0.3 is 0 Å². The summed E-state index contributed by atoms with van der Waals surface area (Å²) >= 11 is 0. The van der Waals surface area contributed by atoms with E-state index >= 15 is 0 Å². The highest BCUT2D eigenvalue weighted by molar-refractivity contribution is 5.81. The average Bonchev–Trinajstić information content (AvgIpc) is 3.27. The minimum Gasteiger partial charge on any atom is -0.481 e. The van der Waals surface area contributed by atoms with Crippen molar-refractivity contribution in [3.05, 3.63) is 60.7 Å². The fourth-order valence-electron chi connectivity index (χ4n) is 3.67. The Morgan fingerprint density at radius 1 is 1.14 bits per heavy atom. The van der Waals surface area contributed by atoms with E-state index in [0.29, 0.717) is 17.5 Å². The number of hydrogen-bond donors (Lipinski definition) is 1. The molecule has 4 rings (SSSR count). The van der Waals surface area contributed by atoms with Gasteiger partial charge in [0.1, 0.15) is 11.3 Å². The molecule has 150 valence electrons. The Kier molecular flexibility index (Phi) is 5.55. The molecule has 2 aromatic heterocycles. The van der Waals surface area contributed by atoms with Crippen molar-refractivity contribution in [2.75, 3.05) is 0 Å². The third-order valence-electron chi connectivity index (χ3n) is 5.25. The Bertz CT molecular complexity index is 937. The summed E-state index contributed by atoms with van der Waals surface area (Å²) in [5.74, 6) is 1.37. The van der Waals surface area contributed by atoms with E-state index in [-0.39, 0.29) is 5.91 Å². The van der Waals surface area contributed by atoms with Crippen LogP contribution in [0.3, 0.4) is 0 Å². The largest absolute Gasteiger partial charge is 0.481 e. The molecule has 3 aromatic rings. The fourth-order valence-corrected chi connectivity index (χ4v) is 3.67. The monoisotopic (exact) mass is 392 g/mol. The molecule has 1 aromatic carbocycles. The van der Waals surface area contributed by atoms with Crippen LogP contribution in [0, 0.1) is 0 Å². The molecule has 1 atom stereocenters. The number of rotatable bonds is 6.